The Balaban J connectivity index is 2.03. The standard InChI is InChI=1S/C13H10BrFN2O2/c14-8-1-3-10(17-6-8)7-19-13(18)11-4-2-9(15)5-12(11)16/h1-6H,7,16H2. The van der Waals surface area contributed by atoms with Crippen molar-refractivity contribution in [2.75, 3.05) is 5.73 Å². The number of anilines is 1. The number of nitrogen functional groups attached to an aromatic ring is 1. The van der Waals surface area contributed by atoms with E-state index in [9.17, 15) is 9.18 Å². The van der Waals surface area contributed by atoms with Crippen molar-refractivity contribution in [3.05, 3.63) is 58.1 Å². The van der Waals surface area contributed by atoms with Crippen LogP contribution in [0.4, 0.5) is 10.1 Å². The highest BCUT2D eigenvalue weighted by atomic mass is 79.9. The third-order valence-corrected chi connectivity index (χ3v) is 2.84. The maximum atomic E-state index is 12.9. The van der Waals surface area contributed by atoms with E-state index in [4.69, 9.17) is 10.5 Å². The smallest absolute Gasteiger partial charge is 0.340 e. The number of aromatic nitrogens is 1. The lowest BCUT2D eigenvalue weighted by molar-refractivity contribution is 0.0469. The van der Waals surface area contributed by atoms with Gasteiger partial charge in [-0.3, -0.25) is 4.98 Å². The lowest BCUT2D eigenvalue weighted by Gasteiger charge is -2.06. The van der Waals surface area contributed by atoms with Gasteiger partial charge < -0.3 is 10.5 Å². The van der Waals surface area contributed by atoms with E-state index >= 15 is 0 Å². The van der Waals surface area contributed by atoms with Crippen LogP contribution in [0.3, 0.4) is 0 Å². The predicted octanol–water partition coefficient (Wildman–Crippen LogP) is 2.92. The molecule has 4 nitrogen and oxygen atoms in total. The van der Waals surface area contributed by atoms with Crippen LogP contribution < -0.4 is 5.73 Å². The molecule has 2 rings (SSSR count). The van der Waals surface area contributed by atoms with Crippen molar-refractivity contribution >= 4 is 27.6 Å². The highest BCUT2D eigenvalue weighted by Gasteiger charge is 2.12. The van der Waals surface area contributed by atoms with Crippen molar-refractivity contribution < 1.29 is 13.9 Å². The van der Waals surface area contributed by atoms with E-state index in [0.29, 0.717) is 5.69 Å². The van der Waals surface area contributed by atoms with Crippen molar-refractivity contribution in [2.24, 2.45) is 0 Å². The second-order valence-corrected chi connectivity index (χ2v) is 4.69. The summed E-state index contributed by atoms with van der Waals surface area (Å²) in [4.78, 5) is 15.8. The highest BCUT2D eigenvalue weighted by Crippen LogP contribution is 2.15. The summed E-state index contributed by atoms with van der Waals surface area (Å²) in [6, 6.07) is 7.05. The molecule has 1 heterocycles. The van der Waals surface area contributed by atoms with Gasteiger partial charge in [-0.15, -0.1) is 0 Å². The molecule has 0 radical (unpaired) electrons. The number of hydrogen-bond donors (Lipinski definition) is 1. The first kappa shape index (κ1) is 13.5. The number of pyridine rings is 1. The van der Waals surface area contributed by atoms with E-state index < -0.39 is 11.8 Å². The maximum Gasteiger partial charge on any atom is 0.340 e. The summed E-state index contributed by atoms with van der Waals surface area (Å²) in [6.07, 6.45) is 1.61. The first-order valence-electron chi connectivity index (χ1n) is 5.39. The van der Waals surface area contributed by atoms with Gasteiger partial charge in [0.15, 0.2) is 0 Å². The van der Waals surface area contributed by atoms with Crippen LogP contribution in [0, 0.1) is 5.82 Å². The van der Waals surface area contributed by atoms with E-state index in [1.807, 2.05) is 0 Å². The quantitative estimate of drug-likeness (QED) is 0.696. The van der Waals surface area contributed by atoms with Gasteiger partial charge in [-0.2, -0.15) is 0 Å². The van der Waals surface area contributed by atoms with Crippen LogP contribution in [0.5, 0.6) is 0 Å². The number of hydrogen-bond acceptors (Lipinski definition) is 4. The largest absolute Gasteiger partial charge is 0.456 e. The fourth-order valence-corrected chi connectivity index (χ4v) is 1.66. The fourth-order valence-electron chi connectivity index (χ4n) is 1.43. The SMILES string of the molecule is Nc1cc(F)ccc1C(=O)OCc1ccc(Br)cn1. The monoisotopic (exact) mass is 324 g/mol. The molecule has 1 aromatic heterocycles. The molecule has 98 valence electrons. The van der Waals surface area contributed by atoms with E-state index in [0.717, 1.165) is 16.6 Å². The third kappa shape index (κ3) is 3.51. The maximum absolute atomic E-state index is 12.9. The van der Waals surface area contributed by atoms with Crippen molar-refractivity contribution in [1.29, 1.82) is 0 Å². The molecule has 19 heavy (non-hydrogen) atoms. The van der Waals surface area contributed by atoms with Crippen LogP contribution in [0.15, 0.2) is 41.0 Å². The number of benzene rings is 1. The van der Waals surface area contributed by atoms with Crippen molar-refractivity contribution in [2.45, 2.75) is 6.61 Å². The molecular weight excluding hydrogens is 315 g/mol. The van der Waals surface area contributed by atoms with Crippen molar-refractivity contribution in [3.8, 4) is 0 Å². The minimum atomic E-state index is -0.609. The Morgan fingerprint density at radius 2 is 2.16 bits per heavy atom. The summed E-state index contributed by atoms with van der Waals surface area (Å²) in [5, 5.41) is 0. The third-order valence-electron chi connectivity index (χ3n) is 2.37. The molecule has 0 unspecified atom stereocenters. The molecule has 0 amide bonds. The van der Waals surface area contributed by atoms with Gasteiger partial charge in [-0.25, -0.2) is 9.18 Å². The summed E-state index contributed by atoms with van der Waals surface area (Å²) in [7, 11) is 0. The summed E-state index contributed by atoms with van der Waals surface area (Å²) in [6.45, 7) is 0.0307. The molecule has 0 aliphatic heterocycles. The Bertz CT molecular complexity index is 602. The summed E-state index contributed by atoms with van der Waals surface area (Å²) in [5.41, 5.74) is 6.34. The number of rotatable bonds is 3. The summed E-state index contributed by atoms with van der Waals surface area (Å²) >= 11 is 3.26. The van der Waals surface area contributed by atoms with Gasteiger partial charge in [0.2, 0.25) is 0 Å². The number of carbonyl (C=O) groups is 1. The molecule has 0 bridgehead atoms. The summed E-state index contributed by atoms with van der Waals surface area (Å²) < 4.78 is 18.7. The van der Waals surface area contributed by atoms with Crippen LogP contribution >= 0.6 is 15.9 Å². The zero-order chi connectivity index (χ0) is 13.8. The molecule has 0 saturated heterocycles. The molecule has 0 spiro atoms. The van der Waals surface area contributed by atoms with Gasteiger partial charge in [-0.1, -0.05) is 0 Å². The molecule has 2 N–H and O–H groups in total. The fraction of sp³-hybridized carbons (Fsp3) is 0.0769. The average Bonchev–Trinajstić information content (AvgIpc) is 2.37. The van der Waals surface area contributed by atoms with Gasteiger partial charge in [0, 0.05) is 16.4 Å². The number of carbonyl (C=O) groups excluding carboxylic acids is 1. The van der Waals surface area contributed by atoms with E-state index in [-0.39, 0.29) is 17.9 Å². The molecular formula is C13H10BrFN2O2. The van der Waals surface area contributed by atoms with Crippen LogP contribution in [-0.4, -0.2) is 11.0 Å². The van der Waals surface area contributed by atoms with Gasteiger partial charge in [-0.05, 0) is 46.3 Å². The normalized spacial score (nSPS) is 10.2. The predicted molar refractivity (Wildman–Crippen MR) is 71.9 cm³/mol. The topological polar surface area (TPSA) is 65.2 Å². The zero-order valence-corrected chi connectivity index (χ0v) is 11.4. The molecule has 0 aliphatic carbocycles. The van der Waals surface area contributed by atoms with Crippen molar-refractivity contribution in [1.82, 2.24) is 4.98 Å². The molecule has 1 aromatic carbocycles. The van der Waals surface area contributed by atoms with E-state index in [1.165, 1.54) is 6.07 Å². The Labute approximate surface area is 117 Å². The number of halogens is 2. The van der Waals surface area contributed by atoms with E-state index in [1.54, 1.807) is 18.3 Å². The second-order valence-electron chi connectivity index (χ2n) is 3.78. The first-order valence-corrected chi connectivity index (χ1v) is 6.18. The molecule has 0 fully saturated rings. The average molecular weight is 325 g/mol. The Kier molecular flexibility index (Phi) is 4.11. The number of esters is 1. The zero-order valence-electron chi connectivity index (χ0n) is 9.77. The Hall–Kier alpha value is -1.95. The van der Waals surface area contributed by atoms with Gasteiger partial charge in [0.05, 0.1) is 11.3 Å². The second kappa shape index (κ2) is 5.79. The Morgan fingerprint density at radius 3 is 2.79 bits per heavy atom. The molecule has 0 aliphatic rings. The van der Waals surface area contributed by atoms with Crippen molar-refractivity contribution in [3.63, 3.8) is 0 Å². The lowest BCUT2D eigenvalue weighted by Crippen LogP contribution is -2.09. The van der Waals surface area contributed by atoms with Crippen LogP contribution in [0.25, 0.3) is 0 Å². The molecule has 0 saturated carbocycles. The van der Waals surface area contributed by atoms with E-state index in [2.05, 4.69) is 20.9 Å². The van der Waals surface area contributed by atoms with Crippen LogP contribution in [-0.2, 0) is 11.3 Å². The number of ether oxygens (including phenoxy) is 1. The number of nitrogens with two attached hydrogens (primary N) is 1. The van der Waals surface area contributed by atoms with Gasteiger partial charge in [0.1, 0.15) is 12.4 Å². The molecule has 6 heteroatoms. The van der Waals surface area contributed by atoms with Crippen LogP contribution in [0.1, 0.15) is 16.1 Å². The molecule has 0 atom stereocenters. The highest BCUT2D eigenvalue weighted by molar-refractivity contribution is 9.10. The summed E-state index contributed by atoms with van der Waals surface area (Å²) in [5.74, 6) is -1.11. The minimum absolute atomic E-state index is 0.0307. The lowest BCUT2D eigenvalue weighted by atomic mass is 10.2. The van der Waals surface area contributed by atoms with Crippen LogP contribution in [0.2, 0.25) is 0 Å². The first-order chi connectivity index (χ1) is 9.06. The van der Waals surface area contributed by atoms with Gasteiger partial charge >= 0.3 is 5.97 Å². The Morgan fingerprint density at radius 1 is 1.37 bits per heavy atom. The number of nitrogens with zero attached hydrogens (tertiary/aromatic N) is 1. The minimum Gasteiger partial charge on any atom is -0.456 e. The van der Waals surface area contributed by atoms with Gasteiger partial charge in [0.25, 0.3) is 0 Å². The molecule has 2 aromatic rings.